The normalized spacial score (nSPS) is 11.8. The Morgan fingerprint density at radius 2 is 2.05 bits per heavy atom. The van der Waals surface area contributed by atoms with Gasteiger partial charge in [-0.25, -0.2) is 4.98 Å². The third-order valence-corrected chi connectivity index (χ3v) is 3.64. The number of nitrogens with zero attached hydrogens (tertiary/aromatic N) is 2. The van der Waals surface area contributed by atoms with E-state index < -0.39 is 0 Å². The summed E-state index contributed by atoms with van der Waals surface area (Å²) >= 11 is 3.43. The Labute approximate surface area is 123 Å². The Kier molecular flexibility index (Phi) is 5.40. The van der Waals surface area contributed by atoms with Crippen LogP contribution < -0.4 is 0 Å². The highest BCUT2D eigenvalue weighted by atomic mass is 79.9. The molecule has 19 heavy (non-hydrogen) atoms. The van der Waals surface area contributed by atoms with Crippen molar-refractivity contribution < 1.29 is 0 Å². The molecule has 0 atom stereocenters. The summed E-state index contributed by atoms with van der Waals surface area (Å²) in [5.74, 6) is 0. The van der Waals surface area contributed by atoms with E-state index in [4.69, 9.17) is 0 Å². The van der Waals surface area contributed by atoms with Crippen LogP contribution >= 0.6 is 15.9 Å². The van der Waals surface area contributed by atoms with Crippen LogP contribution in [-0.4, -0.2) is 9.55 Å². The molecule has 0 radical (unpaired) electrons. The molecule has 0 aliphatic carbocycles. The third kappa shape index (κ3) is 3.80. The number of aromatic nitrogens is 2. The van der Waals surface area contributed by atoms with Gasteiger partial charge in [-0.15, -0.1) is 0 Å². The van der Waals surface area contributed by atoms with E-state index in [-0.39, 0.29) is 0 Å². The average molecular weight is 319 g/mol. The number of imidazole rings is 1. The predicted octanol–water partition coefficient (Wildman–Crippen LogP) is 4.86. The standard InChI is InChI=1S/C16H19BrN2/c1-2-3-4-5-14-6-8-15(9-7-14)16(12-17)19-11-10-18-13-19/h6-13H,2-5H2,1H3/b16-12-. The lowest BCUT2D eigenvalue weighted by molar-refractivity contribution is 0.717. The van der Waals surface area contributed by atoms with Gasteiger partial charge in [0.05, 0.1) is 12.0 Å². The second kappa shape index (κ2) is 7.29. The topological polar surface area (TPSA) is 17.8 Å². The lowest BCUT2D eigenvalue weighted by atomic mass is 10.0. The van der Waals surface area contributed by atoms with Crippen LogP contribution in [0.3, 0.4) is 0 Å². The van der Waals surface area contributed by atoms with Crippen molar-refractivity contribution >= 4 is 21.6 Å². The zero-order valence-corrected chi connectivity index (χ0v) is 12.8. The molecule has 0 bridgehead atoms. The minimum atomic E-state index is 1.10. The van der Waals surface area contributed by atoms with Crippen LogP contribution in [0.1, 0.15) is 37.3 Å². The Morgan fingerprint density at radius 3 is 2.63 bits per heavy atom. The lowest BCUT2D eigenvalue weighted by Crippen LogP contribution is -1.95. The van der Waals surface area contributed by atoms with Gasteiger partial charge in [0.25, 0.3) is 0 Å². The van der Waals surface area contributed by atoms with Crippen LogP contribution in [0.25, 0.3) is 5.70 Å². The van der Waals surface area contributed by atoms with Gasteiger partial charge in [-0.1, -0.05) is 60.0 Å². The fourth-order valence-electron chi connectivity index (χ4n) is 2.09. The summed E-state index contributed by atoms with van der Waals surface area (Å²) < 4.78 is 2.00. The molecular weight excluding hydrogens is 300 g/mol. The Hall–Kier alpha value is -1.35. The van der Waals surface area contributed by atoms with Crippen molar-refractivity contribution in [3.63, 3.8) is 0 Å². The molecule has 2 nitrogen and oxygen atoms in total. The Balaban J connectivity index is 2.09. The summed E-state index contributed by atoms with van der Waals surface area (Å²) in [4.78, 5) is 6.02. The summed E-state index contributed by atoms with van der Waals surface area (Å²) in [7, 11) is 0. The highest BCUT2D eigenvalue weighted by Crippen LogP contribution is 2.19. The van der Waals surface area contributed by atoms with Crippen LogP contribution in [-0.2, 0) is 6.42 Å². The summed E-state index contributed by atoms with van der Waals surface area (Å²) in [5.41, 5.74) is 3.70. The van der Waals surface area contributed by atoms with Crippen LogP contribution in [0.4, 0.5) is 0 Å². The maximum atomic E-state index is 4.09. The number of aryl methyl sites for hydroxylation is 1. The lowest BCUT2D eigenvalue weighted by Gasteiger charge is -2.08. The number of unbranched alkanes of at least 4 members (excludes halogenated alkanes) is 2. The van der Waals surface area contributed by atoms with Crippen LogP contribution in [0.2, 0.25) is 0 Å². The van der Waals surface area contributed by atoms with Crippen molar-refractivity contribution in [3.8, 4) is 0 Å². The fourth-order valence-corrected chi connectivity index (χ4v) is 2.59. The number of hydrogen-bond acceptors (Lipinski definition) is 1. The van der Waals surface area contributed by atoms with Gasteiger partial charge >= 0.3 is 0 Å². The average Bonchev–Trinajstić information content (AvgIpc) is 2.96. The first-order valence-corrected chi connectivity index (χ1v) is 7.64. The first-order valence-electron chi connectivity index (χ1n) is 6.73. The second-order valence-electron chi connectivity index (χ2n) is 4.62. The van der Waals surface area contributed by atoms with Gasteiger partial charge < -0.3 is 4.57 Å². The van der Waals surface area contributed by atoms with E-state index in [1.807, 2.05) is 22.1 Å². The third-order valence-electron chi connectivity index (χ3n) is 3.20. The van der Waals surface area contributed by atoms with Gasteiger partial charge in [-0.05, 0) is 24.0 Å². The molecule has 0 N–H and O–H groups in total. The van der Waals surface area contributed by atoms with Crippen LogP contribution in [0.15, 0.2) is 48.0 Å². The van der Waals surface area contributed by atoms with Crippen LogP contribution in [0, 0.1) is 0 Å². The van der Waals surface area contributed by atoms with Gasteiger partial charge in [0.2, 0.25) is 0 Å². The zero-order valence-electron chi connectivity index (χ0n) is 11.2. The Morgan fingerprint density at radius 1 is 1.26 bits per heavy atom. The molecular formula is C16H19BrN2. The number of hydrogen-bond donors (Lipinski definition) is 0. The Bertz CT molecular complexity index is 512. The molecule has 0 saturated carbocycles. The molecule has 2 rings (SSSR count). The summed E-state index contributed by atoms with van der Waals surface area (Å²) in [5, 5.41) is 0. The second-order valence-corrected chi connectivity index (χ2v) is 5.08. The minimum absolute atomic E-state index is 1.10. The maximum absolute atomic E-state index is 4.09. The molecule has 2 aromatic rings. The van der Waals surface area contributed by atoms with E-state index in [2.05, 4.69) is 52.1 Å². The highest BCUT2D eigenvalue weighted by molar-refractivity contribution is 9.11. The number of halogens is 1. The van der Waals surface area contributed by atoms with E-state index in [1.54, 1.807) is 6.20 Å². The molecule has 3 heteroatoms. The molecule has 1 aromatic carbocycles. The number of rotatable bonds is 6. The molecule has 0 unspecified atom stereocenters. The van der Waals surface area contributed by atoms with Gasteiger partial charge in [0, 0.05) is 17.4 Å². The first kappa shape index (κ1) is 14.1. The smallest absolute Gasteiger partial charge is 0.0992 e. The quantitative estimate of drug-likeness (QED) is 0.696. The summed E-state index contributed by atoms with van der Waals surface area (Å²) in [6, 6.07) is 8.79. The fraction of sp³-hybridized carbons (Fsp3) is 0.312. The highest BCUT2D eigenvalue weighted by Gasteiger charge is 2.03. The monoisotopic (exact) mass is 318 g/mol. The van der Waals surface area contributed by atoms with Crippen molar-refractivity contribution in [1.29, 1.82) is 0 Å². The van der Waals surface area contributed by atoms with E-state index >= 15 is 0 Å². The molecule has 0 saturated heterocycles. The van der Waals surface area contributed by atoms with Gasteiger partial charge in [0.1, 0.15) is 0 Å². The van der Waals surface area contributed by atoms with E-state index in [0.29, 0.717) is 0 Å². The van der Waals surface area contributed by atoms with E-state index in [1.165, 1.54) is 36.8 Å². The van der Waals surface area contributed by atoms with Crippen molar-refractivity contribution in [1.82, 2.24) is 9.55 Å². The molecule has 0 spiro atoms. The summed E-state index contributed by atoms with van der Waals surface area (Å²) in [6.45, 7) is 2.24. The largest absolute Gasteiger partial charge is 0.305 e. The molecule has 0 aliphatic rings. The molecule has 100 valence electrons. The molecule has 1 aromatic heterocycles. The molecule has 1 heterocycles. The first-order chi connectivity index (χ1) is 9.35. The summed E-state index contributed by atoms with van der Waals surface area (Å²) in [6.07, 6.45) is 10.6. The van der Waals surface area contributed by atoms with Crippen molar-refractivity contribution in [2.24, 2.45) is 0 Å². The van der Waals surface area contributed by atoms with Crippen molar-refractivity contribution in [2.45, 2.75) is 32.6 Å². The number of benzene rings is 1. The molecule has 0 fully saturated rings. The van der Waals surface area contributed by atoms with Gasteiger partial charge in [0.15, 0.2) is 0 Å². The predicted molar refractivity (Wildman–Crippen MR) is 84.2 cm³/mol. The minimum Gasteiger partial charge on any atom is -0.305 e. The maximum Gasteiger partial charge on any atom is 0.0992 e. The van der Waals surface area contributed by atoms with Crippen molar-refractivity contribution in [2.75, 3.05) is 0 Å². The van der Waals surface area contributed by atoms with E-state index in [0.717, 1.165) is 5.70 Å². The van der Waals surface area contributed by atoms with E-state index in [9.17, 15) is 0 Å². The SMILES string of the molecule is CCCCCc1ccc(/C(=C/Br)n2ccnc2)cc1. The van der Waals surface area contributed by atoms with Crippen LogP contribution in [0.5, 0.6) is 0 Å². The molecule has 0 amide bonds. The van der Waals surface area contributed by atoms with Gasteiger partial charge in [-0.2, -0.15) is 0 Å². The van der Waals surface area contributed by atoms with Crippen molar-refractivity contribution in [3.05, 3.63) is 59.1 Å². The van der Waals surface area contributed by atoms with Gasteiger partial charge in [-0.3, -0.25) is 0 Å². The molecule has 0 aliphatic heterocycles. The zero-order chi connectivity index (χ0) is 13.5.